The highest BCUT2D eigenvalue weighted by atomic mass is 16.5. The summed E-state index contributed by atoms with van der Waals surface area (Å²) in [6, 6.07) is 6.63. The van der Waals surface area contributed by atoms with E-state index in [1.54, 1.807) is 36.7 Å². The number of nitrogens with zero attached hydrogens (tertiary/aromatic N) is 1. The van der Waals surface area contributed by atoms with Crippen molar-refractivity contribution in [3.05, 3.63) is 42.2 Å². The summed E-state index contributed by atoms with van der Waals surface area (Å²) in [5.74, 6) is 0.942. The molecule has 0 spiro atoms. The van der Waals surface area contributed by atoms with Crippen molar-refractivity contribution in [3.63, 3.8) is 0 Å². The van der Waals surface area contributed by atoms with Crippen molar-refractivity contribution in [1.29, 1.82) is 0 Å². The molecule has 1 aliphatic heterocycles. The number of fused-ring (bicyclic) bond motifs is 1. The smallest absolute Gasteiger partial charge is 0.255 e. The van der Waals surface area contributed by atoms with Crippen molar-refractivity contribution in [2.75, 3.05) is 24.3 Å². The first-order chi connectivity index (χ1) is 10.2. The first-order valence-corrected chi connectivity index (χ1v) is 6.64. The van der Waals surface area contributed by atoms with Crippen LogP contribution in [0.4, 0.5) is 11.4 Å². The number of ether oxygens (including phenoxy) is 2. The van der Waals surface area contributed by atoms with Crippen LogP contribution in [0.25, 0.3) is 0 Å². The Labute approximate surface area is 121 Å². The molecule has 0 fully saturated rings. The van der Waals surface area contributed by atoms with Gasteiger partial charge in [-0.25, -0.2) is 0 Å². The Morgan fingerprint density at radius 1 is 1.14 bits per heavy atom. The summed E-state index contributed by atoms with van der Waals surface area (Å²) in [4.78, 5) is 16.0. The Morgan fingerprint density at radius 2 is 1.81 bits per heavy atom. The second-order valence-corrected chi connectivity index (χ2v) is 4.63. The zero-order valence-electron chi connectivity index (χ0n) is 11.3. The number of nitrogens with two attached hydrogens (primary N) is 1. The zero-order valence-corrected chi connectivity index (χ0v) is 11.3. The van der Waals surface area contributed by atoms with E-state index in [9.17, 15) is 4.79 Å². The lowest BCUT2D eigenvalue weighted by atomic mass is 10.2. The topological polar surface area (TPSA) is 86.5 Å². The van der Waals surface area contributed by atoms with Gasteiger partial charge in [0.25, 0.3) is 5.91 Å². The van der Waals surface area contributed by atoms with E-state index in [1.165, 1.54) is 0 Å². The Balaban J connectivity index is 1.86. The maximum absolute atomic E-state index is 12.1. The largest absolute Gasteiger partial charge is 0.489 e. The number of benzene rings is 1. The lowest BCUT2D eigenvalue weighted by Gasteiger charge is -2.13. The van der Waals surface area contributed by atoms with Crippen LogP contribution in [0.15, 0.2) is 36.7 Å². The van der Waals surface area contributed by atoms with Crippen LogP contribution >= 0.6 is 0 Å². The Bertz CT molecular complexity index is 659. The maximum atomic E-state index is 12.1. The number of amides is 1. The van der Waals surface area contributed by atoms with Crippen LogP contribution in [0.3, 0.4) is 0 Å². The molecular formula is C15H15N3O3. The van der Waals surface area contributed by atoms with Crippen molar-refractivity contribution in [2.45, 2.75) is 6.42 Å². The molecule has 1 aliphatic rings. The van der Waals surface area contributed by atoms with Crippen LogP contribution in [-0.4, -0.2) is 24.1 Å². The predicted molar refractivity (Wildman–Crippen MR) is 78.7 cm³/mol. The molecule has 0 atom stereocenters. The SMILES string of the molecule is Nc1cc2c(cc1NC(=O)c1ccncc1)OCCCO2. The monoisotopic (exact) mass is 285 g/mol. The van der Waals surface area contributed by atoms with Gasteiger partial charge >= 0.3 is 0 Å². The van der Waals surface area contributed by atoms with Crippen LogP contribution in [0.1, 0.15) is 16.8 Å². The van der Waals surface area contributed by atoms with Crippen molar-refractivity contribution in [1.82, 2.24) is 4.98 Å². The van der Waals surface area contributed by atoms with Gasteiger partial charge in [-0.15, -0.1) is 0 Å². The van der Waals surface area contributed by atoms with Gasteiger partial charge in [-0.3, -0.25) is 9.78 Å². The molecule has 2 heterocycles. The number of nitrogens with one attached hydrogen (secondary N) is 1. The predicted octanol–water partition coefficient (Wildman–Crippen LogP) is 2.08. The molecule has 1 aromatic heterocycles. The number of carbonyl (C=O) groups excluding carboxylic acids is 1. The fraction of sp³-hybridized carbons (Fsp3) is 0.200. The van der Waals surface area contributed by atoms with E-state index in [4.69, 9.17) is 15.2 Å². The maximum Gasteiger partial charge on any atom is 0.255 e. The summed E-state index contributed by atoms with van der Waals surface area (Å²) < 4.78 is 11.1. The Morgan fingerprint density at radius 3 is 2.52 bits per heavy atom. The fourth-order valence-electron chi connectivity index (χ4n) is 2.03. The van der Waals surface area contributed by atoms with Crippen LogP contribution < -0.4 is 20.5 Å². The second kappa shape index (κ2) is 5.70. The standard InChI is InChI=1S/C15H15N3O3/c16-11-8-13-14(21-7-1-6-20-13)9-12(11)18-15(19)10-2-4-17-5-3-10/h2-5,8-9H,1,6-7,16H2,(H,18,19). The molecule has 6 heteroatoms. The molecular weight excluding hydrogens is 270 g/mol. The molecule has 0 saturated carbocycles. The molecule has 0 aliphatic carbocycles. The number of nitrogen functional groups attached to an aromatic ring is 1. The third kappa shape index (κ3) is 2.89. The Hall–Kier alpha value is -2.76. The van der Waals surface area contributed by atoms with Crippen LogP contribution in [-0.2, 0) is 0 Å². The Kier molecular flexibility index (Phi) is 3.59. The van der Waals surface area contributed by atoms with Crippen molar-refractivity contribution < 1.29 is 14.3 Å². The molecule has 0 bridgehead atoms. The van der Waals surface area contributed by atoms with Gasteiger partial charge in [0.05, 0.1) is 24.6 Å². The van der Waals surface area contributed by atoms with Crippen molar-refractivity contribution >= 4 is 17.3 Å². The minimum atomic E-state index is -0.251. The average molecular weight is 285 g/mol. The number of hydrogen-bond acceptors (Lipinski definition) is 5. The number of hydrogen-bond donors (Lipinski definition) is 2. The van der Waals surface area contributed by atoms with Gasteiger partial charge in [-0.05, 0) is 12.1 Å². The lowest BCUT2D eigenvalue weighted by Crippen LogP contribution is -2.13. The van der Waals surface area contributed by atoms with Gasteiger partial charge < -0.3 is 20.5 Å². The van der Waals surface area contributed by atoms with Crippen molar-refractivity contribution in [3.8, 4) is 11.5 Å². The molecule has 21 heavy (non-hydrogen) atoms. The molecule has 1 aromatic carbocycles. The molecule has 0 radical (unpaired) electrons. The molecule has 2 aromatic rings. The zero-order chi connectivity index (χ0) is 14.7. The van der Waals surface area contributed by atoms with Gasteiger partial charge in [-0.1, -0.05) is 0 Å². The summed E-state index contributed by atoms with van der Waals surface area (Å²) in [6.45, 7) is 1.17. The summed E-state index contributed by atoms with van der Waals surface area (Å²) in [6.07, 6.45) is 3.94. The van der Waals surface area contributed by atoms with Crippen LogP contribution in [0, 0.1) is 0 Å². The quantitative estimate of drug-likeness (QED) is 0.825. The van der Waals surface area contributed by atoms with E-state index in [0.717, 1.165) is 6.42 Å². The van der Waals surface area contributed by atoms with Gasteiger partial charge in [0.2, 0.25) is 0 Å². The minimum Gasteiger partial charge on any atom is -0.489 e. The summed E-state index contributed by atoms with van der Waals surface area (Å²) >= 11 is 0. The molecule has 3 rings (SSSR count). The first-order valence-electron chi connectivity index (χ1n) is 6.64. The highest BCUT2D eigenvalue weighted by Gasteiger charge is 2.15. The summed E-state index contributed by atoms with van der Waals surface area (Å²) in [5, 5.41) is 2.77. The minimum absolute atomic E-state index is 0.251. The number of carbonyl (C=O) groups is 1. The van der Waals surface area contributed by atoms with Gasteiger partial charge in [0, 0.05) is 36.5 Å². The molecule has 0 saturated heterocycles. The van der Waals surface area contributed by atoms with Crippen molar-refractivity contribution in [2.24, 2.45) is 0 Å². The average Bonchev–Trinajstić information content (AvgIpc) is 2.73. The number of rotatable bonds is 2. The van der Waals surface area contributed by atoms with Gasteiger partial charge in [0.1, 0.15) is 0 Å². The van der Waals surface area contributed by atoms with E-state index in [2.05, 4.69) is 10.3 Å². The van der Waals surface area contributed by atoms with E-state index in [1.807, 2.05) is 0 Å². The number of aromatic nitrogens is 1. The first kappa shape index (κ1) is 13.2. The molecule has 3 N–H and O–H groups in total. The fourth-order valence-corrected chi connectivity index (χ4v) is 2.03. The highest BCUT2D eigenvalue weighted by molar-refractivity contribution is 6.05. The van der Waals surface area contributed by atoms with Gasteiger partial charge in [-0.2, -0.15) is 0 Å². The lowest BCUT2D eigenvalue weighted by molar-refractivity contribution is 0.102. The van der Waals surface area contributed by atoms with Gasteiger partial charge in [0.15, 0.2) is 11.5 Å². The number of pyridine rings is 1. The van der Waals surface area contributed by atoms with E-state index in [-0.39, 0.29) is 5.91 Å². The number of anilines is 2. The third-order valence-electron chi connectivity index (χ3n) is 3.11. The third-order valence-corrected chi connectivity index (χ3v) is 3.11. The summed E-state index contributed by atoms with van der Waals surface area (Å²) in [5.41, 5.74) is 7.40. The molecule has 6 nitrogen and oxygen atoms in total. The normalized spacial score (nSPS) is 13.3. The van der Waals surface area contributed by atoms with Crippen LogP contribution in [0.5, 0.6) is 11.5 Å². The van der Waals surface area contributed by atoms with E-state index in [0.29, 0.717) is 41.7 Å². The highest BCUT2D eigenvalue weighted by Crippen LogP contribution is 2.36. The molecule has 1 amide bonds. The van der Waals surface area contributed by atoms with E-state index >= 15 is 0 Å². The molecule has 0 unspecified atom stereocenters. The molecule has 108 valence electrons. The second-order valence-electron chi connectivity index (χ2n) is 4.63. The van der Waals surface area contributed by atoms with Crippen LogP contribution in [0.2, 0.25) is 0 Å². The summed E-state index contributed by atoms with van der Waals surface area (Å²) in [7, 11) is 0. The van der Waals surface area contributed by atoms with E-state index < -0.39 is 0 Å².